The number of hydrogen-bond acceptors (Lipinski definition) is 5. The zero-order valence-electron chi connectivity index (χ0n) is 19.7. The molecule has 7 nitrogen and oxygen atoms in total. The van der Waals surface area contributed by atoms with Crippen molar-refractivity contribution in [3.05, 3.63) is 59.7 Å². The molecule has 0 aliphatic heterocycles. The van der Waals surface area contributed by atoms with Gasteiger partial charge in [-0.05, 0) is 79.8 Å². The van der Waals surface area contributed by atoms with Gasteiger partial charge in [0.2, 0.25) is 0 Å². The number of carboxylic acids is 2. The summed E-state index contributed by atoms with van der Waals surface area (Å²) < 4.78 is 11.5. The smallest absolute Gasteiger partial charge is 0.305 e. The van der Waals surface area contributed by atoms with Crippen LogP contribution in [0.25, 0.3) is 0 Å². The minimum absolute atomic E-state index is 0. The number of benzene rings is 2. The summed E-state index contributed by atoms with van der Waals surface area (Å²) in [6.07, 6.45) is 7.73. The molecule has 0 spiro atoms. The third-order valence-electron chi connectivity index (χ3n) is 6.30. The Morgan fingerprint density at radius 2 is 1.28 bits per heavy atom. The highest BCUT2D eigenvalue weighted by Gasteiger charge is 2.20. The van der Waals surface area contributed by atoms with E-state index in [-0.39, 0.29) is 33.6 Å². The van der Waals surface area contributed by atoms with Crippen molar-refractivity contribution in [2.45, 2.75) is 97.3 Å². The van der Waals surface area contributed by atoms with Crippen LogP contribution < -0.4 is 15.2 Å². The zero-order valence-corrected chi connectivity index (χ0v) is 19.7. The normalized spacial score (nSPS) is 16.3. The number of carboxylic acid groups (broad SMARTS) is 2. The Labute approximate surface area is 215 Å². The summed E-state index contributed by atoms with van der Waals surface area (Å²) in [5.74, 6) is 0.0283. The first kappa shape index (κ1) is 31.0. The molecular formula is C29H43NO6. The second kappa shape index (κ2) is 15.1. The van der Waals surface area contributed by atoms with Crippen molar-refractivity contribution >= 4 is 11.9 Å². The first-order valence-corrected chi connectivity index (χ1v) is 12.0. The van der Waals surface area contributed by atoms with Crippen molar-refractivity contribution in [1.82, 2.24) is 0 Å². The fourth-order valence-electron chi connectivity index (χ4n) is 3.76. The first-order valence-electron chi connectivity index (χ1n) is 12.0. The predicted octanol–water partition coefficient (Wildman–Crippen LogP) is 6.56. The maximum Gasteiger partial charge on any atom is 0.305 e. The summed E-state index contributed by atoms with van der Waals surface area (Å²) in [6, 6.07) is 14.7. The van der Waals surface area contributed by atoms with Crippen LogP contribution in [0.3, 0.4) is 0 Å². The van der Waals surface area contributed by atoms with Crippen LogP contribution in [-0.2, 0) is 9.59 Å². The molecule has 2 unspecified atom stereocenters. The predicted molar refractivity (Wildman–Crippen MR) is 143 cm³/mol. The molecule has 0 radical (unpaired) electrons. The van der Waals surface area contributed by atoms with Crippen molar-refractivity contribution in [3.63, 3.8) is 0 Å². The van der Waals surface area contributed by atoms with Gasteiger partial charge in [0.25, 0.3) is 0 Å². The van der Waals surface area contributed by atoms with Gasteiger partial charge in [0.1, 0.15) is 11.5 Å². The molecule has 2 aromatic carbocycles. The summed E-state index contributed by atoms with van der Waals surface area (Å²) in [5.41, 5.74) is 7.65. The van der Waals surface area contributed by atoms with Crippen molar-refractivity contribution in [2.75, 3.05) is 0 Å². The molecule has 2 aromatic rings. The lowest BCUT2D eigenvalue weighted by Crippen LogP contribution is -2.24. The van der Waals surface area contributed by atoms with Crippen LogP contribution in [0.15, 0.2) is 48.5 Å². The minimum atomic E-state index is -0.886. The molecule has 2 aliphatic carbocycles. The molecule has 0 amide bonds. The van der Waals surface area contributed by atoms with Gasteiger partial charge in [0.15, 0.2) is 0 Å². The summed E-state index contributed by atoms with van der Waals surface area (Å²) >= 11 is 0. The molecule has 4 N–H and O–H groups in total. The quantitative estimate of drug-likeness (QED) is 0.337. The molecule has 200 valence electrons. The lowest BCUT2D eigenvalue weighted by Gasteiger charge is -2.26. The number of nitrogens with two attached hydrogens (primary N) is 1. The molecule has 2 aliphatic rings. The standard InChI is InChI=1S/C14H18O3.C13H17NO3.2CH4/c1-10(8-14(15)16)11-4-2-7-13(9-11)17-12-5-3-6-12;14-12(8-13(15)16)9-3-1-6-11(7-9)17-10-4-2-5-10;;/h2,4,7,9-10,12H,3,5-6,8H2,1H3,(H,15,16);1,3,6-7,10,12H,2,4-5,8,14H2,(H,15,16);2*1H4. The molecule has 36 heavy (non-hydrogen) atoms. The van der Waals surface area contributed by atoms with Crippen LogP contribution in [0.4, 0.5) is 0 Å². The SMILES string of the molecule is C.C.CC(CC(=O)O)c1cccc(OC2CCC2)c1.NC(CC(=O)O)c1cccc(OC2CCC2)c1. The number of aliphatic carboxylic acids is 2. The summed E-state index contributed by atoms with van der Waals surface area (Å²) in [4.78, 5) is 21.3. The maximum absolute atomic E-state index is 10.7. The topological polar surface area (TPSA) is 119 Å². The highest BCUT2D eigenvalue weighted by Crippen LogP contribution is 2.29. The Morgan fingerprint density at radius 1 is 0.833 bits per heavy atom. The van der Waals surface area contributed by atoms with E-state index in [9.17, 15) is 9.59 Å². The zero-order chi connectivity index (χ0) is 24.5. The van der Waals surface area contributed by atoms with Crippen LogP contribution in [0.5, 0.6) is 11.5 Å². The average Bonchev–Trinajstić information content (AvgIpc) is 2.73. The Balaban J connectivity index is 0.000000341. The molecule has 0 heterocycles. The van der Waals surface area contributed by atoms with Gasteiger partial charge in [0.05, 0.1) is 25.0 Å². The number of carbonyl (C=O) groups is 2. The van der Waals surface area contributed by atoms with E-state index in [0.29, 0.717) is 12.2 Å². The average molecular weight is 502 g/mol. The van der Waals surface area contributed by atoms with Crippen LogP contribution in [0.1, 0.15) is 96.2 Å². The highest BCUT2D eigenvalue weighted by atomic mass is 16.5. The van der Waals surface area contributed by atoms with Gasteiger partial charge in [0, 0.05) is 6.04 Å². The Hall–Kier alpha value is -3.06. The second-order valence-corrected chi connectivity index (χ2v) is 9.19. The number of hydrogen-bond donors (Lipinski definition) is 3. The van der Waals surface area contributed by atoms with Crippen molar-refractivity contribution in [1.29, 1.82) is 0 Å². The lowest BCUT2D eigenvalue weighted by molar-refractivity contribution is -0.138. The Kier molecular flexibility index (Phi) is 13.0. The molecule has 2 atom stereocenters. The largest absolute Gasteiger partial charge is 0.490 e. The van der Waals surface area contributed by atoms with Crippen molar-refractivity contribution in [2.24, 2.45) is 5.73 Å². The molecular weight excluding hydrogens is 458 g/mol. The van der Waals surface area contributed by atoms with Crippen molar-refractivity contribution < 1.29 is 29.3 Å². The van der Waals surface area contributed by atoms with Gasteiger partial charge in [-0.1, -0.05) is 46.0 Å². The van der Waals surface area contributed by atoms with E-state index in [0.717, 1.165) is 48.3 Å². The van der Waals surface area contributed by atoms with E-state index in [1.165, 1.54) is 12.8 Å². The fourth-order valence-corrected chi connectivity index (χ4v) is 3.76. The lowest BCUT2D eigenvalue weighted by atomic mass is 9.95. The van der Waals surface area contributed by atoms with E-state index < -0.39 is 18.0 Å². The summed E-state index contributed by atoms with van der Waals surface area (Å²) in [7, 11) is 0. The van der Waals surface area contributed by atoms with Gasteiger partial charge >= 0.3 is 11.9 Å². The Morgan fingerprint density at radius 3 is 1.69 bits per heavy atom. The molecule has 2 saturated carbocycles. The first-order chi connectivity index (χ1) is 16.3. The van der Waals surface area contributed by atoms with Gasteiger partial charge in [-0.2, -0.15) is 0 Å². The van der Waals surface area contributed by atoms with E-state index in [1.807, 2.05) is 55.5 Å². The molecule has 2 fully saturated rings. The molecule has 0 saturated heterocycles. The van der Waals surface area contributed by atoms with E-state index >= 15 is 0 Å². The monoisotopic (exact) mass is 501 g/mol. The molecule has 0 bridgehead atoms. The van der Waals surface area contributed by atoms with Crippen molar-refractivity contribution in [3.8, 4) is 11.5 Å². The van der Waals surface area contributed by atoms with Crippen LogP contribution in [-0.4, -0.2) is 34.4 Å². The van der Waals surface area contributed by atoms with Crippen LogP contribution in [0.2, 0.25) is 0 Å². The van der Waals surface area contributed by atoms with Gasteiger partial charge in [-0.3, -0.25) is 9.59 Å². The Bertz CT molecular complexity index is 877. The summed E-state index contributed by atoms with van der Waals surface area (Å²) in [5, 5.41) is 17.5. The maximum atomic E-state index is 10.7. The van der Waals surface area contributed by atoms with Gasteiger partial charge < -0.3 is 25.4 Å². The third kappa shape index (κ3) is 9.90. The van der Waals surface area contributed by atoms with Crippen LogP contribution >= 0.6 is 0 Å². The molecule has 4 rings (SSSR count). The fraction of sp³-hybridized carbons (Fsp3) is 0.517. The number of rotatable bonds is 10. The summed E-state index contributed by atoms with van der Waals surface area (Å²) in [6.45, 7) is 1.93. The molecule has 7 heteroatoms. The van der Waals surface area contributed by atoms with E-state index in [2.05, 4.69) is 0 Å². The molecule has 0 aromatic heterocycles. The second-order valence-electron chi connectivity index (χ2n) is 9.19. The van der Waals surface area contributed by atoms with E-state index in [4.69, 9.17) is 25.4 Å². The number of ether oxygens (including phenoxy) is 2. The third-order valence-corrected chi connectivity index (χ3v) is 6.30. The minimum Gasteiger partial charge on any atom is -0.490 e. The van der Waals surface area contributed by atoms with Gasteiger partial charge in [-0.25, -0.2) is 0 Å². The van der Waals surface area contributed by atoms with Crippen LogP contribution in [0, 0.1) is 0 Å². The van der Waals surface area contributed by atoms with E-state index in [1.54, 1.807) is 0 Å². The van der Waals surface area contributed by atoms with Gasteiger partial charge in [-0.15, -0.1) is 0 Å². The highest BCUT2D eigenvalue weighted by molar-refractivity contribution is 5.68.